The van der Waals surface area contributed by atoms with Crippen LogP contribution in [0.25, 0.3) is 0 Å². The summed E-state index contributed by atoms with van der Waals surface area (Å²) in [5.74, 6) is 1.20. The van der Waals surface area contributed by atoms with Gasteiger partial charge >= 0.3 is 0 Å². The van der Waals surface area contributed by atoms with E-state index in [4.69, 9.17) is 9.47 Å². The van der Waals surface area contributed by atoms with Gasteiger partial charge in [0.2, 0.25) is 20.0 Å². The summed E-state index contributed by atoms with van der Waals surface area (Å²) in [5.41, 5.74) is 0.810. The van der Waals surface area contributed by atoms with E-state index in [1.807, 2.05) is 13.8 Å². The molecule has 0 aliphatic carbocycles. The average Bonchev–Trinajstić information content (AvgIpc) is 2.70. The molecule has 2 aromatic rings. The first-order valence-electron chi connectivity index (χ1n) is 9.32. The predicted molar refractivity (Wildman–Crippen MR) is 115 cm³/mol. The van der Waals surface area contributed by atoms with Gasteiger partial charge in [-0.3, -0.25) is 0 Å². The highest BCUT2D eigenvalue weighted by atomic mass is 32.2. The topological polar surface area (TPSA) is 102 Å². The van der Waals surface area contributed by atoms with Crippen molar-refractivity contribution in [1.29, 1.82) is 0 Å². The van der Waals surface area contributed by atoms with E-state index in [2.05, 4.69) is 4.72 Å². The maximum absolute atomic E-state index is 12.6. The first-order chi connectivity index (χ1) is 14.0. The molecule has 0 saturated carbocycles. The number of ether oxygens (including phenoxy) is 2. The lowest BCUT2D eigenvalue weighted by Gasteiger charge is -2.14. The van der Waals surface area contributed by atoms with Gasteiger partial charge in [0.05, 0.1) is 16.9 Å². The normalized spacial score (nSPS) is 12.4. The van der Waals surface area contributed by atoms with Crippen molar-refractivity contribution in [3.8, 4) is 11.5 Å². The average molecular weight is 457 g/mol. The first kappa shape index (κ1) is 24.1. The van der Waals surface area contributed by atoms with Crippen LogP contribution in [-0.4, -0.2) is 55.5 Å². The zero-order chi connectivity index (χ0) is 22.5. The lowest BCUT2D eigenvalue weighted by Crippen LogP contribution is -2.28. The van der Waals surface area contributed by atoms with Crippen molar-refractivity contribution in [2.75, 3.05) is 34.4 Å². The van der Waals surface area contributed by atoms with Crippen LogP contribution in [0, 0.1) is 0 Å². The van der Waals surface area contributed by atoms with Crippen LogP contribution in [0.2, 0.25) is 0 Å². The van der Waals surface area contributed by atoms with Crippen molar-refractivity contribution in [2.45, 2.75) is 29.6 Å². The largest absolute Gasteiger partial charge is 0.496 e. The van der Waals surface area contributed by atoms with Crippen LogP contribution in [0.4, 0.5) is 0 Å². The number of nitrogens with one attached hydrogen (secondary N) is 1. The van der Waals surface area contributed by atoms with E-state index in [-0.39, 0.29) is 28.9 Å². The second-order valence-electron chi connectivity index (χ2n) is 7.06. The fourth-order valence-corrected chi connectivity index (χ4v) is 4.63. The molecule has 0 aliphatic heterocycles. The predicted octanol–water partition coefficient (Wildman–Crippen LogP) is 2.43. The zero-order valence-corrected chi connectivity index (χ0v) is 19.4. The van der Waals surface area contributed by atoms with E-state index in [1.165, 1.54) is 44.4 Å². The number of rotatable bonds is 10. The van der Waals surface area contributed by atoms with Crippen LogP contribution >= 0.6 is 0 Å². The third-order valence-corrected chi connectivity index (χ3v) is 7.69. The molecule has 0 radical (unpaired) electrons. The van der Waals surface area contributed by atoms with Crippen LogP contribution in [0.15, 0.2) is 52.3 Å². The summed E-state index contributed by atoms with van der Waals surface area (Å²) < 4.78 is 63.7. The Kier molecular flexibility index (Phi) is 7.87. The van der Waals surface area contributed by atoms with E-state index in [0.717, 1.165) is 9.87 Å². The molecule has 0 spiro atoms. The minimum absolute atomic E-state index is 0.0587. The van der Waals surface area contributed by atoms with E-state index in [9.17, 15) is 16.8 Å². The molecule has 0 unspecified atom stereocenters. The Morgan fingerprint density at radius 2 is 1.57 bits per heavy atom. The number of benzene rings is 2. The van der Waals surface area contributed by atoms with Crippen molar-refractivity contribution < 1.29 is 26.3 Å². The summed E-state index contributed by atoms with van der Waals surface area (Å²) in [4.78, 5) is 0.311. The monoisotopic (exact) mass is 456 g/mol. The summed E-state index contributed by atoms with van der Waals surface area (Å²) in [6.45, 7) is 4.07. The summed E-state index contributed by atoms with van der Waals surface area (Å²) in [6, 6.07) is 10.7. The Hall–Kier alpha value is -2.14. The Labute approximate surface area is 178 Å². The molecular weight excluding hydrogens is 428 g/mol. The van der Waals surface area contributed by atoms with Gasteiger partial charge in [-0.15, -0.1) is 0 Å². The molecule has 0 saturated heterocycles. The molecular formula is C20H28N2O6S2. The Morgan fingerprint density at radius 1 is 0.967 bits per heavy atom. The molecule has 166 valence electrons. The highest BCUT2D eigenvalue weighted by Gasteiger charge is 2.18. The van der Waals surface area contributed by atoms with Crippen molar-refractivity contribution in [1.82, 2.24) is 9.03 Å². The number of methoxy groups -OCH3 is 1. The van der Waals surface area contributed by atoms with Gasteiger partial charge in [0.1, 0.15) is 18.1 Å². The molecule has 1 N–H and O–H groups in total. The fourth-order valence-electron chi connectivity index (χ4n) is 2.68. The van der Waals surface area contributed by atoms with Crippen LogP contribution in [-0.2, 0) is 20.0 Å². The zero-order valence-electron chi connectivity index (χ0n) is 17.7. The van der Waals surface area contributed by atoms with Crippen LogP contribution in [0.3, 0.4) is 0 Å². The lowest BCUT2D eigenvalue weighted by atomic mass is 10.0. The molecule has 8 nitrogen and oxygen atoms in total. The molecule has 0 bridgehead atoms. The molecule has 0 amide bonds. The number of hydrogen-bond donors (Lipinski definition) is 1. The third-order valence-electron chi connectivity index (χ3n) is 4.40. The van der Waals surface area contributed by atoms with Gasteiger partial charge in [0, 0.05) is 20.6 Å². The summed E-state index contributed by atoms with van der Waals surface area (Å²) in [5, 5.41) is 0. The summed E-state index contributed by atoms with van der Waals surface area (Å²) in [7, 11) is -2.74. The van der Waals surface area contributed by atoms with E-state index < -0.39 is 20.0 Å². The maximum atomic E-state index is 12.6. The van der Waals surface area contributed by atoms with E-state index >= 15 is 0 Å². The SMILES string of the molecule is COc1ccc(S(=O)(=O)NCCOc2ccc(S(=O)(=O)N(C)C)cc2)cc1C(C)C. The van der Waals surface area contributed by atoms with Crippen LogP contribution < -0.4 is 14.2 Å². The minimum atomic E-state index is -3.70. The van der Waals surface area contributed by atoms with Crippen LogP contribution in [0.5, 0.6) is 11.5 Å². The van der Waals surface area contributed by atoms with Crippen molar-refractivity contribution in [3.63, 3.8) is 0 Å². The van der Waals surface area contributed by atoms with Gasteiger partial charge in [-0.1, -0.05) is 13.8 Å². The fraction of sp³-hybridized carbons (Fsp3) is 0.400. The van der Waals surface area contributed by atoms with Gasteiger partial charge in [-0.2, -0.15) is 0 Å². The number of hydrogen-bond acceptors (Lipinski definition) is 6. The highest BCUT2D eigenvalue weighted by molar-refractivity contribution is 7.89. The summed E-state index contributed by atoms with van der Waals surface area (Å²) >= 11 is 0. The van der Waals surface area contributed by atoms with Crippen molar-refractivity contribution in [2.24, 2.45) is 0 Å². The van der Waals surface area contributed by atoms with Crippen LogP contribution in [0.1, 0.15) is 25.3 Å². The minimum Gasteiger partial charge on any atom is -0.496 e. The van der Waals surface area contributed by atoms with Gasteiger partial charge < -0.3 is 9.47 Å². The van der Waals surface area contributed by atoms with E-state index in [0.29, 0.717) is 11.5 Å². The molecule has 0 heterocycles. The molecule has 0 fully saturated rings. The maximum Gasteiger partial charge on any atom is 0.242 e. The quantitative estimate of drug-likeness (QED) is 0.551. The Morgan fingerprint density at radius 3 is 2.10 bits per heavy atom. The van der Waals surface area contributed by atoms with Gasteiger partial charge in [-0.05, 0) is 53.9 Å². The van der Waals surface area contributed by atoms with Gasteiger partial charge in [0.25, 0.3) is 0 Å². The van der Waals surface area contributed by atoms with E-state index in [1.54, 1.807) is 19.2 Å². The van der Waals surface area contributed by atoms with Crippen molar-refractivity contribution >= 4 is 20.0 Å². The molecule has 30 heavy (non-hydrogen) atoms. The molecule has 2 rings (SSSR count). The second-order valence-corrected chi connectivity index (χ2v) is 11.0. The van der Waals surface area contributed by atoms with Gasteiger partial charge in [0.15, 0.2) is 0 Å². The molecule has 0 aromatic heterocycles. The Balaban J connectivity index is 1.98. The van der Waals surface area contributed by atoms with Crippen molar-refractivity contribution in [3.05, 3.63) is 48.0 Å². The summed E-state index contributed by atoms with van der Waals surface area (Å²) in [6.07, 6.45) is 0. The third kappa shape index (κ3) is 5.72. The van der Waals surface area contributed by atoms with Gasteiger partial charge in [-0.25, -0.2) is 25.9 Å². The number of nitrogens with zero attached hydrogens (tertiary/aromatic N) is 1. The smallest absolute Gasteiger partial charge is 0.242 e. The molecule has 10 heteroatoms. The molecule has 2 aromatic carbocycles. The standard InChI is InChI=1S/C20H28N2O6S2/c1-15(2)19-14-18(10-11-20(19)27-5)29(23,24)21-12-13-28-16-6-8-17(9-7-16)30(25,26)22(3)4/h6-11,14-15,21H,12-13H2,1-5H3. The highest BCUT2D eigenvalue weighted by Crippen LogP contribution is 2.28. The first-order valence-corrected chi connectivity index (χ1v) is 12.2. The molecule has 0 atom stereocenters. The molecule has 0 aliphatic rings. The number of sulfonamides is 2. The second kappa shape index (κ2) is 9.78. The Bertz CT molecular complexity index is 1060. The lowest BCUT2D eigenvalue weighted by molar-refractivity contribution is 0.322.